The third-order valence-corrected chi connectivity index (χ3v) is 4.27. The van der Waals surface area contributed by atoms with E-state index in [9.17, 15) is 18.0 Å². The van der Waals surface area contributed by atoms with E-state index in [2.05, 4.69) is 15.3 Å². The van der Waals surface area contributed by atoms with Gasteiger partial charge in [-0.25, -0.2) is 18.2 Å². The van der Waals surface area contributed by atoms with Crippen LogP contribution in [-0.4, -0.2) is 36.4 Å². The predicted molar refractivity (Wildman–Crippen MR) is 98.1 cm³/mol. The maximum Gasteiger partial charge on any atom is 0.276 e. The lowest BCUT2D eigenvalue weighted by molar-refractivity contribution is -0.0145. The average molecular weight is 414 g/mol. The lowest BCUT2D eigenvalue weighted by Gasteiger charge is -2.33. The first kappa shape index (κ1) is 19.9. The fraction of sp³-hybridized carbons (Fsp3) is 0.235. The van der Waals surface area contributed by atoms with Crippen LogP contribution in [0.25, 0.3) is 0 Å². The number of carbonyl (C=O) groups is 1. The second kappa shape index (κ2) is 7.64. The molecule has 5 N–H and O–H groups in total. The van der Waals surface area contributed by atoms with E-state index >= 15 is 0 Å². The topological polar surface area (TPSA) is 116 Å². The highest BCUT2D eigenvalue weighted by Crippen LogP contribution is 2.38. The molecular formula is C17H15ClF3N5O2. The molecule has 7 nitrogen and oxygen atoms in total. The number of nitrogens with one attached hydrogen (secondary N) is 1. The number of aromatic nitrogens is 1. The number of nitrogens with two attached hydrogens (primary N) is 2. The van der Waals surface area contributed by atoms with Gasteiger partial charge >= 0.3 is 0 Å². The van der Waals surface area contributed by atoms with Crippen molar-refractivity contribution in [3.63, 3.8) is 0 Å². The van der Waals surface area contributed by atoms with Crippen molar-refractivity contribution in [2.45, 2.75) is 12.0 Å². The predicted octanol–water partition coefficient (Wildman–Crippen LogP) is 2.56. The van der Waals surface area contributed by atoms with E-state index in [1.54, 1.807) is 0 Å². The van der Waals surface area contributed by atoms with Gasteiger partial charge in [-0.1, -0.05) is 11.6 Å². The smallest absolute Gasteiger partial charge is 0.276 e. The van der Waals surface area contributed by atoms with E-state index in [1.165, 1.54) is 18.3 Å². The SMILES string of the molecule is NC1=N[C@@](c2cc(NC(=O)c3ncc(Cl)cc3N)ccc2F)(C(F)F)COC1. The molecule has 1 aliphatic rings. The molecule has 1 atom stereocenters. The van der Waals surface area contributed by atoms with E-state index in [0.29, 0.717) is 0 Å². The Morgan fingerprint density at radius 3 is 2.71 bits per heavy atom. The van der Waals surface area contributed by atoms with Crippen LogP contribution >= 0.6 is 11.6 Å². The Kier molecular flexibility index (Phi) is 5.43. The number of hydrogen-bond acceptors (Lipinski definition) is 6. The van der Waals surface area contributed by atoms with Crippen LogP contribution < -0.4 is 16.8 Å². The molecule has 0 spiro atoms. The van der Waals surface area contributed by atoms with E-state index < -0.39 is 35.9 Å². The molecule has 2 heterocycles. The Morgan fingerprint density at radius 2 is 2.07 bits per heavy atom. The summed E-state index contributed by atoms with van der Waals surface area (Å²) in [6, 6.07) is 4.53. The van der Waals surface area contributed by atoms with Crippen LogP contribution in [0.5, 0.6) is 0 Å². The van der Waals surface area contributed by atoms with Crippen molar-refractivity contribution in [2.75, 3.05) is 24.3 Å². The van der Waals surface area contributed by atoms with Crippen molar-refractivity contribution in [2.24, 2.45) is 10.7 Å². The molecule has 0 bridgehead atoms. The number of carbonyl (C=O) groups excluding carboxylic acids is 1. The molecular weight excluding hydrogens is 399 g/mol. The first-order valence-corrected chi connectivity index (χ1v) is 8.33. The van der Waals surface area contributed by atoms with Crippen molar-refractivity contribution in [1.82, 2.24) is 4.98 Å². The zero-order valence-electron chi connectivity index (χ0n) is 14.3. The van der Waals surface area contributed by atoms with Gasteiger partial charge in [-0.2, -0.15) is 0 Å². The number of rotatable bonds is 4. The molecule has 1 aromatic heterocycles. The monoisotopic (exact) mass is 413 g/mol. The molecule has 28 heavy (non-hydrogen) atoms. The Balaban J connectivity index is 1.97. The van der Waals surface area contributed by atoms with E-state index in [0.717, 1.165) is 12.1 Å². The van der Waals surface area contributed by atoms with Crippen molar-refractivity contribution in [1.29, 1.82) is 0 Å². The number of halogens is 4. The quantitative estimate of drug-likeness (QED) is 0.712. The highest BCUT2D eigenvalue weighted by atomic mass is 35.5. The van der Waals surface area contributed by atoms with Crippen LogP contribution in [0.3, 0.4) is 0 Å². The summed E-state index contributed by atoms with van der Waals surface area (Å²) >= 11 is 5.74. The molecule has 1 aliphatic heterocycles. The second-order valence-electron chi connectivity index (χ2n) is 6.06. The molecule has 0 unspecified atom stereocenters. The van der Waals surface area contributed by atoms with Gasteiger partial charge in [0.15, 0.2) is 11.2 Å². The molecule has 3 rings (SSSR count). The van der Waals surface area contributed by atoms with Gasteiger partial charge in [-0.3, -0.25) is 9.79 Å². The summed E-state index contributed by atoms with van der Waals surface area (Å²) in [6.45, 7) is -0.695. The number of anilines is 2. The number of pyridine rings is 1. The third-order valence-electron chi connectivity index (χ3n) is 4.07. The van der Waals surface area contributed by atoms with Crippen molar-refractivity contribution >= 4 is 34.7 Å². The number of aliphatic imine (C=N–C) groups is 1. The standard InChI is InChI=1S/C17H15ClF3N5O2/c18-8-3-12(22)14(24-5-8)15(27)25-9-1-2-11(19)10(4-9)17(16(20)21)7-28-6-13(23)26-17/h1-5,16H,6-7,22H2,(H2,23,26)(H,25,27)/t17-/m0/s1. The minimum atomic E-state index is -3.10. The van der Waals surface area contributed by atoms with Crippen LogP contribution in [0.15, 0.2) is 35.5 Å². The van der Waals surface area contributed by atoms with Crippen LogP contribution in [0.4, 0.5) is 24.5 Å². The Morgan fingerprint density at radius 1 is 1.32 bits per heavy atom. The van der Waals surface area contributed by atoms with Crippen LogP contribution in [0.1, 0.15) is 16.1 Å². The number of amides is 1. The molecule has 0 radical (unpaired) electrons. The maximum atomic E-state index is 14.4. The molecule has 148 valence electrons. The van der Waals surface area contributed by atoms with Crippen LogP contribution in [0, 0.1) is 5.82 Å². The number of ether oxygens (including phenoxy) is 1. The molecule has 1 amide bonds. The highest BCUT2D eigenvalue weighted by molar-refractivity contribution is 6.30. The Labute approximate surface area is 162 Å². The summed E-state index contributed by atoms with van der Waals surface area (Å²) in [6.07, 6.45) is -1.87. The van der Waals surface area contributed by atoms with Gasteiger partial charge in [0.25, 0.3) is 12.3 Å². The first-order chi connectivity index (χ1) is 13.2. The lowest BCUT2D eigenvalue weighted by atomic mass is 9.90. The molecule has 0 aliphatic carbocycles. The summed E-state index contributed by atoms with van der Waals surface area (Å²) in [7, 11) is 0. The zero-order chi connectivity index (χ0) is 20.5. The molecule has 1 aromatic carbocycles. The van der Waals surface area contributed by atoms with E-state index in [-0.39, 0.29) is 34.5 Å². The number of benzene rings is 1. The van der Waals surface area contributed by atoms with Gasteiger partial charge in [0.1, 0.15) is 18.3 Å². The number of hydrogen-bond donors (Lipinski definition) is 3. The number of alkyl halides is 2. The van der Waals surface area contributed by atoms with Gasteiger partial charge in [0.2, 0.25) is 0 Å². The molecule has 0 saturated carbocycles. The molecule has 2 aromatic rings. The van der Waals surface area contributed by atoms with E-state index in [4.69, 9.17) is 27.8 Å². The highest BCUT2D eigenvalue weighted by Gasteiger charge is 2.46. The molecule has 11 heteroatoms. The zero-order valence-corrected chi connectivity index (χ0v) is 15.0. The summed E-state index contributed by atoms with van der Waals surface area (Å²) in [5.74, 6) is -1.84. The first-order valence-electron chi connectivity index (χ1n) is 7.95. The summed E-state index contributed by atoms with van der Waals surface area (Å²) in [4.78, 5) is 20.0. The maximum absolute atomic E-state index is 14.4. The van der Waals surface area contributed by atoms with Gasteiger partial charge in [-0.05, 0) is 24.3 Å². The summed E-state index contributed by atoms with van der Waals surface area (Å²) < 4.78 is 47.1. The fourth-order valence-corrected chi connectivity index (χ4v) is 2.94. The average Bonchev–Trinajstić information content (AvgIpc) is 2.62. The second-order valence-corrected chi connectivity index (χ2v) is 6.50. The van der Waals surface area contributed by atoms with Gasteiger partial charge in [0.05, 0.1) is 17.3 Å². The lowest BCUT2D eigenvalue weighted by Crippen LogP contribution is -2.45. The van der Waals surface area contributed by atoms with E-state index in [1.807, 2.05) is 0 Å². The number of nitrogens with zero attached hydrogens (tertiary/aromatic N) is 2. The van der Waals surface area contributed by atoms with Crippen molar-refractivity contribution < 1.29 is 22.7 Å². The minimum absolute atomic E-state index is 0.0226. The van der Waals surface area contributed by atoms with Gasteiger partial charge in [0, 0.05) is 17.4 Å². The summed E-state index contributed by atoms with van der Waals surface area (Å²) in [5.41, 5.74) is 8.40. The Bertz CT molecular complexity index is 956. The van der Waals surface area contributed by atoms with Gasteiger partial charge < -0.3 is 21.5 Å². The van der Waals surface area contributed by atoms with Crippen molar-refractivity contribution in [3.05, 3.63) is 52.6 Å². The van der Waals surface area contributed by atoms with Crippen LogP contribution in [0.2, 0.25) is 5.02 Å². The minimum Gasteiger partial charge on any atom is -0.397 e. The van der Waals surface area contributed by atoms with Gasteiger partial charge in [-0.15, -0.1) is 0 Å². The largest absolute Gasteiger partial charge is 0.397 e. The summed E-state index contributed by atoms with van der Waals surface area (Å²) in [5, 5.41) is 2.68. The number of nitrogen functional groups attached to an aromatic ring is 1. The fourth-order valence-electron chi connectivity index (χ4n) is 2.77. The molecule has 0 saturated heterocycles. The number of amidine groups is 1. The van der Waals surface area contributed by atoms with Crippen LogP contribution in [-0.2, 0) is 10.3 Å². The Hall–Kier alpha value is -2.85. The van der Waals surface area contributed by atoms with Crippen molar-refractivity contribution in [3.8, 4) is 0 Å². The molecule has 0 fully saturated rings. The normalized spacial score (nSPS) is 19.4. The third kappa shape index (κ3) is 3.73.